The third-order valence-electron chi connectivity index (χ3n) is 5.42. The summed E-state index contributed by atoms with van der Waals surface area (Å²) < 4.78 is 10.7. The third-order valence-corrected chi connectivity index (χ3v) is 6.63. The van der Waals surface area contributed by atoms with Crippen LogP contribution in [0.5, 0.6) is 11.5 Å². The lowest BCUT2D eigenvalue weighted by molar-refractivity contribution is -0.134. The number of aryl methyl sites for hydroxylation is 2. The van der Waals surface area contributed by atoms with E-state index in [2.05, 4.69) is 18.3 Å². The average molecular weight is 400 g/mol. The molecule has 0 spiro atoms. The van der Waals surface area contributed by atoms with Crippen LogP contribution in [0.4, 0.5) is 0 Å². The monoisotopic (exact) mass is 399 g/mol. The van der Waals surface area contributed by atoms with Crippen molar-refractivity contribution in [2.45, 2.75) is 65.0 Å². The van der Waals surface area contributed by atoms with E-state index in [1.165, 1.54) is 29.2 Å². The Morgan fingerprint density at radius 1 is 1.11 bits per heavy atom. The predicted octanol–water partition coefficient (Wildman–Crippen LogP) is 4.10. The lowest BCUT2D eigenvalue weighted by Crippen LogP contribution is -2.42. The fourth-order valence-corrected chi connectivity index (χ4v) is 5.65. The fraction of sp³-hybridized carbons (Fsp3) is 0.455. The zero-order chi connectivity index (χ0) is 19.8. The van der Waals surface area contributed by atoms with Gasteiger partial charge < -0.3 is 14.8 Å². The zero-order valence-electron chi connectivity index (χ0n) is 16.5. The van der Waals surface area contributed by atoms with E-state index in [4.69, 9.17) is 9.47 Å². The van der Waals surface area contributed by atoms with E-state index < -0.39 is 11.9 Å². The molecule has 0 fully saturated rings. The smallest absolute Gasteiger partial charge is 0.308 e. The predicted molar refractivity (Wildman–Crippen MR) is 108 cm³/mol. The third kappa shape index (κ3) is 3.59. The van der Waals surface area contributed by atoms with Crippen LogP contribution in [0.2, 0.25) is 0 Å². The quantitative estimate of drug-likeness (QED) is 0.619. The molecular formula is C22H25NO4S. The van der Waals surface area contributed by atoms with Crippen molar-refractivity contribution in [3.8, 4) is 11.5 Å². The normalized spacial score (nSPS) is 20.0. The SMILES string of the molecule is CCCc1cc2c(s1)CN[C@@H]1CCc3cc(OC(C)=O)c(OC(C)=O)cc3[C@@H]21. The topological polar surface area (TPSA) is 64.6 Å². The van der Waals surface area contributed by atoms with E-state index in [0.717, 1.165) is 43.4 Å². The molecule has 5 nitrogen and oxygen atoms in total. The van der Waals surface area contributed by atoms with Gasteiger partial charge in [-0.2, -0.15) is 0 Å². The highest BCUT2D eigenvalue weighted by atomic mass is 32.1. The summed E-state index contributed by atoms with van der Waals surface area (Å²) in [5.41, 5.74) is 3.72. The summed E-state index contributed by atoms with van der Waals surface area (Å²) in [6.45, 7) is 5.83. The van der Waals surface area contributed by atoms with Gasteiger partial charge in [-0.25, -0.2) is 0 Å². The molecule has 0 bridgehead atoms. The Morgan fingerprint density at radius 3 is 2.50 bits per heavy atom. The van der Waals surface area contributed by atoms with Crippen molar-refractivity contribution < 1.29 is 19.1 Å². The summed E-state index contributed by atoms with van der Waals surface area (Å²) in [5, 5.41) is 3.70. The molecule has 1 N–H and O–H groups in total. The number of hydrogen-bond donors (Lipinski definition) is 1. The molecule has 0 unspecified atom stereocenters. The molecule has 28 heavy (non-hydrogen) atoms. The van der Waals surface area contributed by atoms with Crippen LogP contribution in [-0.4, -0.2) is 18.0 Å². The van der Waals surface area contributed by atoms with Crippen molar-refractivity contribution in [1.29, 1.82) is 0 Å². The number of carbonyl (C=O) groups excluding carboxylic acids is 2. The van der Waals surface area contributed by atoms with Gasteiger partial charge in [0.15, 0.2) is 11.5 Å². The zero-order valence-corrected chi connectivity index (χ0v) is 17.3. The van der Waals surface area contributed by atoms with Crippen LogP contribution in [0.1, 0.15) is 66.0 Å². The molecule has 1 aliphatic heterocycles. The molecule has 2 aromatic rings. The van der Waals surface area contributed by atoms with Crippen molar-refractivity contribution >= 4 is 23.3 Å². The van der Waals surface area contributed by atoms with Crippen LogP contribution in [-0.2, 0) is 29.0 Å². The second kappa shape index (κ2) is 7.68. The minimum Gasteiger partial charge on any atom is -0.423 e. The first kappa shape index (κ1) is 19.2. The van der Waals surface area contributed by atoms with Gasteiger partial charge in [0.25, 0.3) is 0 Å². The van der Waals surface area contributed by atoms with Crippen LogP contribution in [0.3, 0.4) is 0 Å². The standard InChI is InChI=1S/C22H25NO4S/c1-4-5-15-9-17-21(28-15)11-23-18-7-6-14-8-19(26-12(2)24)20(27-13(3)25)10-16(14)22(17)18/h8-10,18,22-23H,4-7,11H2,1-3H3/t18-,22+/m1/s1. The van der Waals surface area contributed by atoms with Gasteiger partial charge in [-0.1, -0.05) is 13.3 Å². The first-order chi connectivity index (χ1) is 13.5. The summed E-state index contributed by atoms with van der Waals surface area (Å²) >= 11 is 1.90. The molecule has 0 saturated carbocycles. The average Bonchev–Trinajstić information content (AvgIpc) is 3.04. The number of fused-ring (bicyclic) bond motifs is 5. The Balaban J connectivity index is 1.81. The highest BCUT2D eigenvalue weighted by molar-refractivity contribution is 7.12. The Bertz CT molecular complexity index is 933. The molecule has 0 amide bonds. The second-order valence-electron chi connectivity index (χ2n) is 7.53. The number of rotatable bonds is 4. The van der Waals surface area contributed by atoms with E-state index in [0.29, 0.717) is 17.5 Å². The number of hydrogen-bond acceptors (Lipinski definition) is 6. The maximum atomic E-state index is 11.6. The van der Waals surface area contributed by atoms with Crippen LogP contribution in [0.15, 0.2) is 18.2 Å². The van der Waals surface area contributed by atoms with E-state index >= 15 is 0 Å². The molecule has 148 valence electrons. The van der Waals surface area contributed by atoms with Crippen LogP contribution >= 0.6 is 11.3 Å². The van der Waals surface area contributed by atoms with Crippen molar-refractivity contribution in [3.63, 3.8) is 0 Å². The van der Waals surface area contributed by atoms with Crippen LogP contribution in [0.25, 0.3) is 0 Å². The van der Waals surface area contributed by atoms with Crippen LogP contribution in [0, 0.1) is 0 Å². The number of nitrogens with one attached hydrogen (secondary N) is 1. The highest BCUT2D eigenvalue weighted by Gasteiger charge is 2.37. The largest absolute Gasteiger partial charge is 0.423 e. The van der Waals surface area contributed by atoms with E-state index in [-0.39, 0.29) is 5.92 Å². The first-order valence-electron chi connectivity index (χ1n) is 9.84. The van der Waals surface area contributed by atoms with Crippen molar-refractivity contribution in [2.75, 3.05) is 0 Å². The molecule has 2 heterocycles. The Labute approximate surface area is 169 Å². The van der Waals surface area contributed by atoms with Crippen molar-refractivity contribution in [1.82, 2.24) is 5.32 Å². The van der Waals surface area contributed by atoms with E-state index in [9.17, 15) is 9.59 Å². The van der Waals surface area contributed by atoms with Gasteiger partial charge in [0.1, 0.15) is 0 Å². The lowest BCUT2D eigenvalue weighted by Gasteiger charge is -2.38. The molecule has 6 heteroatoms. The summed E-state index contributed by atoms with van der Waals surface area (Å²) in [7, 11) is 0. The Kier molecular flexibility index (Phi) is 5.25. The first-order valence-corrected chi connectivity index (χ1v) is 10.7. The molecule has 0 saturated heterocycles. The van der Waals surface area contributed by atoms with Gasteiger partial charge in [-0.3, -0.25) is 9.59 Å². The van der Waals surface area contributed by atoms with Crippen LogP contribution < -0.4 is 14.8 Å². The number of ether oxygens (including phenoxy) is 2. The minimum absolute atomic E-state index is 0.232. The molecule has 1 aromatic heterocycles. The van der Waals surface area contributed by atoms with Crippen molar-refractivity contribution in [3.05, 3.63) is 44.6 Å². The Hall–Kier alpha value is -2.18. The Morgan fingerprint density at radius 2 is 1.82 bits per heavy atom. The number of benzene rings is 1. The molecule has 4 rings (SSSR count). The second-order valence-corrected chi connectivity index (χ2v) is 8.75. The summed E-state index contributed by atoms with van der Waals surface area (Å²) in [6, 6.07) is 6.51. The summed E-state index contributed by atoms with van der Waals surface area (Å²) in [4.78, 5) is 25.9. The molecule has 0 radical (unpaired) electrons. The van der Waals surface area contributed by atoms with Gasteiger partial charge in [0, 0.05) is 42.1 Å². The maximum Gasteiger partial charge on any atom is 0.308 e. The number of esters is 2. The van der Waals surface area contributed by atoms with E-state index in [1.807, 2.05) is 23.5 Å². The van der Waals surface area contributed by atoms with Gasteiger partial charge in [0.05, 0.1) is 0 Å². The fourth-order valence-electron chi connectivity index (χ4n) is 4.39. The highest BCUT2D eigenvalue weighted by Crippen LogP contribution is 2.46. The van der Waals surface area contributed by atoms with E-state index in [1.54, 1.807) is 0 Å². The minimum atomic E-state index is -0.427. The van der Waals surface area contributed by atoms with Gasteiger partial charge in [0.2, 0.25) is 0 Å². The molecule has 1 aliphatic carbocycles. The molecule has 2 atom stereocenters. The van der Waals surface area contributed by atoms with Gasteiger partial charge >= 0.3 is 11.9 Å². The number of carbonyl (C=O) groups is 2. The van der Waals surface area contributed by atoms with Crippen molar-refractivity contribution in [2.24, 2.45) is 0 Å². The summed E-state index contributed by atoms with van der Waals surface area (Å²) in [5.74, 6) is 0.0174. The molecule has 1 aromatic carbocycles. The molecular weight excluding hydrogens is 374 g/mol. The molecule has 2 aliphatic rings. The maximum absolute atomic E-state index is 11.6. The summed E-state index contributed by atoms with van der Waals surface area (Å²) in [6.07, 6.45) is 4.17. The van der Waals surface area contributed by atoms with Gasteiger partial charge in [-0.15, -0.1) is 11.3 Å². The lowest BCUT2D eigenvalue weighted by atomic mass is 9.74. The number of thiophene rings is 1. The van der Waals surface area contributed by atoms with Gasteiger partial charge in [-0.05, 0) is 54.2 Å².